The van der Waals surface area contributed by atoms with Crippen molar-refractivity contribution in [3.05, 3.63) is 72.3 Å². The number of fused-ring (bicyclic) bond motifs is 2. The summed E-state index contributed by atoms with van der Waals surface area (Å²) in [6.45, 7) is 3.48. The highest BCUT2D eigenvalue weighted by molar-refractivity contribution is 7.92. The first-order valence-corrected chi connectivity index (χ1v) is 12.5. The van der Waals surface area contributed by atoms with Crippen LogP contribution in [0.1, 0.15) is 19.4 Å². The number of rotatable bonds is 4. The van der Waals surface area contributed by atoms with Crippen molar-refractivity contribution in [1.82, 2.24) is 4.98 Å². The van der Waals surface area contributed by atoms with E-state index in [2.05, 4.69) is 9.71 Å². The number of nitrogens with one attached hydrogen (secondary N) is 1. The van der Waals surface area contributed by atoms with E-state index < -0.39 is 10.0 Å². The molecule has 0 saturated heterocycles. The maximum Gasteiger partial charge on any atom is 0.261 e. The Morgan fingerprint density at radius 2 is 1.91 bits per heavy atom. The smallest absolute Gasteiger partial charge is 0.261 e. The number of hydrogen-bond acceptors (Lipinski definition) is 5. The molecule has 0 saturated carbocycles. The molecule has 2 heterocycles. The molecule has 1 unspecified atom stereocenters. The van der Waals surface area contributed by atoms with Crippen LogP contribution < -0.4 is 9.62 Å². The van der Waals surface area contributed by atoms with Gasteiger partial charge in [0.2, 0.25) is 5.91 Å². The second-order valence-corrected chi connectivity index (χ2v) is 10.6. The molecule has 0 bridgehead atoms. The van der Waals surface area contributed by atoms with E-state index in [9.17, 15) is 13.2 Å². The SMILES string of the molecule is CC(=O)N1c2ccc(S(=O)(=O)Nc3cccc(-c4nc5ccccc5s4)c3)cc2CC1C. The molecular weight excluding hydrogens is 442 g/mol. The van der Waals surface area contributed by atoms with Gasteiger partial charge in [-0.15, -0.1) is 11.3 Å². The third-order valence-corrected chi connectivity index (χ3v) is 8.04. The molecule has 0 aliphatic carbocycles. The van der Waals surface area contributed by atoms with Crippen molar-refractivity contribution in [1.29, 1.82) is 0 Å². The molecule has 1 amide bonds. The number of benzene rings is 3. The number of sulfonamides is 1. The van der Waals surface area contributed by atoms with Crippen LogP contribution in [-0.2, 0) is 21.2 Å². The van der Waals surface area contributed by atoms with Crippen LogP contribution in [0.3, 0.4) is 0 Å². The van der Waals surface area contributed by atoms with Crippen LogP contribution in [0.2, 0.25) is 0 Å². The first-order chi connectivity index (χ1) is 15.3. The van der Waals surface area contributed by atoms with E-state index in [0.29, 0.717) is 12.1 Å². The normalized spacial score (nSPS) is 15.7. The Kier molecular flexibility index (Phi) is 4.98. The van der Waals surface area contributed by atoms with Gasteiger partial charge in [0.1, 0.15) is 5.01 Å². The Morgan fingerprint density at radius 3 is 2.69 bits per heavy atom. The molecule has 4 aromatic rings. The van der Waals surface area contributed by atoms with Crippen LogP contribution >= 0.6 is 11.3 Å². The summed E-state index contributed by atoms with van der Waals surface area (Å²) < 4.78 is 29.9. The van der Waals surface area contributed by atoms with E-state index in [1.54, 1.807) is 46.6 Å². The summed E-state index contributed by atoms with van der Waals surface area (Å²) in [7, 11) is -3.78. The molecule has 1 N–H and O–H groups in total. The Hall–Kier alpha value is -3.23. The maximum absolute atomic E-state index is 13.1. The van der Waals surface area contributed by atoms with Crippen molar-refractivity contribution >= 4 is 48.9 Å². The van der Waals surface area contributed by atoms with Crippen molar-refractivity contribution in [3.8, 4) is 10.6 Å². The average Bonchev–Trinajstić information content (AvgIpc) is 3.33. The lowest BCUT2D eigenvalue weighted by molar-refractivity contribution is -0.116. The first kappa shape index (κ1) is 20.7. The van der Waals surface area contributed by atoms with Gasteiger partial charge in [-0.2, -0.15) is 0 Å². The van der Waals surface area contributed by atoms with Gasteiger partial charge in [-0.05, 0) is 61.4 Å². The van der Waals surface area contributed by atoms with Crippen molar-refractivity contribution in [2.45, 2.75) is 31.2 Å². The number of aromatic nitrogens is 1. The van der Waals surface area contributed by atoms with E-state index in [-0.39, 0.29) is 16.8 Å². The highest BCUT2D eigenvalue weighted by Crippen LogP contribution is 2.35. The molecule has 0 radical (unpaired) electrons. The molecule has 32 heavy (non-hydrogen) atoms. The van der Waals surface area contributed by atoms with Crippen LogP contribution in [0, 0.1) is 0 Å². The summed E-state index contributed by atoms with van der Waals surface area (Å²) in [4.78, 5) is 18.5. The molecule has 1 aliphatic rings. The quantitative estimate of drug-likeness (QED) is 0.459. The van der Waals surface area contributed by atoms with Gasteiger partial charge in [0, 0.05) is 29.9 Å². The number of nitrogens with zero attached hydrogens (tertiary/aromatic N) is 2. The zero-order valence-electron chi connectivity index (χ0n) is 17.6. The van der Waals surface area contributed by atoms with Crippen molar-refractivity contribution in [3.63, 3.8) is 0 Å². The van der Waals surface area contributed by atoms with E-state index in [4.69, 9.17) is 0 Å². The second kappa shape index (κ2) is 7.72. The van der Waals surface area contributed by atoms with Crippen LogP contribution in [0.4, 0.5) is 11.4 Å². The number of carbonyl (C=O) groups is 1. The lowest BCUT2D eigenvalue weighted by atomic mass is 10.1. The molecular formula is C24H21N3O3S2. The average molecular weight is 464 g/mol. The lowest BCUT2D eigenvalue weighted by Crippen LogP contribution is -2.33. The molecule has 1 aromatic heterocycles. The Labute approximate surface area is 190 Å². The van der Waals surface area contributed by atoms with Crippen LogP contribution in [0.15, 0.2) is 71.6 Å². The number of carbonyl (C=O) groups excluding carboxylic acids is 1. The van der Waals surface area contributed by atoms with Gasteiger partial charge < -0.3 is 4.90 Å². The van der Waals surface area contributed by atoms with E-state index in [0.717, 1.165) is 32.0 Å². The standard InChI is InChI=1S/C24H21N3O3S2/c1-15-12-18-14-20(10-11-22(18)27(15)16(2)28)32(29,30)26-19-7-5-6-17(13-19)24-25-21-8-3-4-9-23(21)31-24/h3-11,13-15,26H,12H2,1-2H3. The number of hydrogen-bond donors (Lipinski definition) is 1. The molecule has 8 heteroatoms. The topological polar surface area (TPSA) is 79.4 Å². The lowest BCUT2D eigenvalue weighted by Gasteiger charge is -2.20. The minimum Gasteiger partial charge on any atom is -0.309 e. The fourth-order valence-electron chi connectivity index (χ4n) is 4.18. The predicted molar refractivity (Wildman–Crippen MR) is 129 cm³/mol. The van der Waals surface area contributed by atoms with Crippen LogP contribution in [0.25, 0.3) is 20.8 Å². The third kappa shape index (κ3) is 3.65. The van der Waals surface area contributed by atoms with Gasteiger partial charge in [-0.25, -0.2) is 13.4 Å². The monoisotopic (exact) mass is 463 g/mol. The fraction of sp³-hybridized carbons (Fsp3) is 0.167. The molecule has 0 spiro atoms. The third-order valence-electron chi connectivity index (χ3n) is 5.57. The first-order valence-electron chi connectivity index (χ1n) is 10.2. The van der Waals surface area contributed by atoms with Gasteiger partial charge >= 0.3 is 0 Å². The van der Waals surface area contributed by atoms with Crippen LogP contribution in [-0.4, -0.2) is 25.4 Å². The molecule has 3 aromatic carbocycles. The molecule has 162 valence electrons. The predicted octanol–water partition coefficient (Wildman–Crippen LogP) is 5.06. The second-order valence-electron chi connectivity index (χ2n) is 7.91. The summed E-state index contributed by atoms with van der Waals surface area (Å²) in [5.41, 5.74) is 3.89. The fourth-order valence-corrected chi connectivity index (χ4v) is 6.24. The highest BCUT2D eigenvalue weighted by Gasteiger charge is 2.30. The maximum atomic E-state index is 13.1. The van der Waals surface area contributed by atoms with Gasteiger partial charge in [0.25, 0.3) is 10.0 Å². The number of thiazole rings is 1. The largest absolute Gasteiger partial charge is 0.309 e. The van der Waals surface area contributed by atoms with Crippen molar-refractivity contribution < 1.29 is 13.2 Å². The van der Waals surface area contributed by atoms with E-state index in [1.807, 2.05) is 43.3 Å². The number of anilines is 2. The molecule has 6 nitrogen and oxygen atoms in total. The summed E-state index contributed by atoms with van der Waals surface area (Å²) in [6, 6.07) is 20.1. The van der Waals surface area contributed by atoms with E-state index >= 15 is 0 Å². The minimum atomic E-state index is -3.78. The summed E-state index contributed by atoms with van der Waals surface area (Å²) in [5.74, 6) is -0.0448. The van der Waals surface area contributed by atoms with Crippen LogP contribution in [0.5, 0.6) is 0 Å². The van der Waals surface area contributed by atoms with Gasteiger partial charge in [0.15, 0.2) is 0 Å². The Balaban J connectivity index is 1.44. The van der Waals surface area contributed by atoms with E-state index in [1.165, 1.54) is 6.92 Å². The van der Waals surface area contributed by atoms with Gasteiger partial charge in [-0.3, -0.25) is 9.52 Å². The van der Waals surface area contributed by atoms with Crippen molar-refractivity contribution in [2.24, 2.45) is 0 Å². The molecule has 1 aliphatic heterocycles. The Morgan fingerprint density at radius 1 is 1.09 bits per heavy atom. The van der Waals surface area contributed by atoms with Gasteiger partial charge in [0.05, 0.1) is 15.1 Å². The Bertz CT molecular complexity index is 1430. The summed E-state index contributed by atoms with van der Waals surface area (Å²) in [6.07, 6.45) is 0.630. The molecule has 1 atom stereocenters. The minimum absolute atomic E-state index is 0.0129. The van der Waals surface area contributed by atoms with Gasteiger partial charge in [-0.1, -0.05) is 24.3 Å². The highest BCUT2D eigenvalue weighted by atomic mass is 32.2. The zero-order chi connectivity index (χ0) is 22.5. The molecule has 0 fully saturated rings. The summed E-state index contributed by atoms with van der Waals surface area (Å²) in [5, 5.41) is 0.836. The molecule has 5 rings (SSSR count). The number of amides is 1. The number of para-hydroxylation sites is 1. The van der Waals surface area contributed by atoms with Crippen molar-refractivity contribution in [2.75, 3.05) is 9.62 Å². The zero-order valence-corrected chi connectivity index (χ0v) is 19.2. The summed E-state index contributed by atoms with van der Waals surface area (Å²) >= 11 is 1.57.